The largest absolute Gasteiger partial charge is 0.385 e. The van der Waals surface area contributed by atoms with E-state index in [0.29, 0.717) is 25.7 Å². The fourth-order valence-corrected chi connectivity index (χ4v) is 2.31. The summed E-state index contributed by atoms with van der Waals surface area (Å²) in [7, 11) is 3.35. The van der Waals surface area contributed by atoms with Gasteiger partial charge in [-0.05, 0) is 18.9 Å². The van der Waals surface area contributed by atoms with Crippen molar-refractivity contribution in [3.05, 3.63) is 0 Å². The van der Waals surface area contributed by atoms with Crippen LogP contribution >= 0.6 is 0 Å². The number of carbonyl (C=O) groups is 1. The summed E-state index contributed by atoms with van der Waals surface area (Å²) in [6, 6.07) is 0. The standard InChI is InChI=1S/C13H26N2O3/c1-11-9-14-10-12(11)13(16)15(6-8-18-3)5-4-7-17-2/h11-12,14H,4-10H2,1-3H3. The Morgan fingerprint density at radius 1 is 1.22 bits per heavy atom. The Kier molecular flexibility index (Phi) is 7.23. The third-order valence-corrected chi connectivity index (χ3v) is 3.49. The van der Waals surface area contributed by atoms with Gasteiger partial charge in [0.2, 0.25) is 5.91 Å². The van der Waals surface area contributed by atoms with E-state index in [1.807, 2.05) is 4.90 Å². The Morgan fingerprint density at radius 2 is 1.94 bits per heavy atom. The van der Waals surface area contributed by atoms with Crippen molar-refractivity contribution in [1.82, 2.24) is 10.2 Å². The molecular weight excluding hydrogens is 232 g/mol. The van der Waals surface area contributed by atoms with E-state index < -0.39 is 0 Å². The van der Waals surface area contributed by atoms with Crippen LogP contribution in [0.5, 0.6) is 0 Å². The number of carbonyl (C=O) groups excluding carboxylic acids is 1. The van der Waals surface area contributed by atoms with Crippen LogP contribution in [0.2, 0.25) is 0 Å². The van der Waals surface area contributed by atoms with E-state index in [4.69, 9.17) is 9.47 Å². The number of amides is 1. The lowest BCUT2D eigenvalue weighted by Gasteiger charge is -2.26. The first-order chi connectivity index (χ1) is 8.70. The number of nitrogens with one attached hydrogen (secondary N) is 1. The first-order valence-electron chi connectivity index (χ1n) is 6.68. The molecule has 0 radical (unpaired) electrons. The maximum absolute atomic E-state index is 12.4. The molecule has 0 aromatic carbocycles. The number of nitrogens with zero attached hydrogens (tertiary/aromatic N) is 1. The molecule has 1 aliphatic rings. The molecular formula is C13H26N2O3. The van der Waals surface area contributed by atoms with Crippen LogP contribution in [0.3, 0.4) is 0 Å². The molecule has 2 atom stereocenters. The predicted octanol–water partition coefficient (Wildman–Crippen LogP) is 0.353. The van der Waals surface area contributed by atoms with Crippen molar-refractivity contribution < 1.29 is 14.3 Å². The summed E-state index contributed by atoms with van der Waals surface area (Å²) in [6.45, 7) is 6.57. The summed E-state index contributed by atoms with van der Waals surface area (Å²) in [6.07, 6.45) is 0.875. The molecule has 0 aromatic rings. The molecule has 0 spiro atoms. The van der Waals surface area contributed by atoms with Gasteiger partial charge in [0.25, 0.3) is 0 Å². The Hall–Kier alpha value is -0.650. The third kappa shape index (κ3) is 4.55. The maximum atomic E-state index is 12.4. The summed E-state index contributed by atoms with van der Waals surface area (Å²) in [4.78, 5) is 14.4. The zero-order valence-corrected chi connectivity index (χ0v) is 11.8. The fourth-order valence-electron chi connectivity index (χ4n) is 2.31. The highest BCUT2D eigenvalue weighted by Crippen LogP contribution is 2.18. The van der Waals surface area contributed by atoms with Gasteiger partial charge in [0.05, 0.1) is 12.5 Å². The molecule has 5 heteroatoms. The molecule has 0 saturated carbocycles. The van der Waals surface area contributed by atoms with E-state index in [9.17, 15) is 4.79 Å². The van der Waals surface area contributed by atoms with Gasteiger partial charge in [-0.15, -0.1) is 0 Å². The number of hydrogen-bond acceptors (Lipinski definition) is 4. The van der Waals surface area contributed by atoms with Gasteiger partial charge in [-0.25, -0.2) is 0 Å². The van der Waals surface area contributed by atoms with E-state index in [1.165, 1.54) is 0 Å². The number of methoxy groups -OCH3 is 2. The molecule has 1 saturated heterocycles. The van der Waals surface area contributed by atoms with Crippen LogP contribution in [-0.4, -0.2) is 64.4 Å². The topological polar surface area (TPSA) is 50.8 Å². The summed E-state index contributed by atoms with van der Waals surface area (Å²) >= 11 is 0. The molecule has 0 bridgehead atoms. The van der Waals surface area contributed by atoms with Crippen LogP contribution < -0.4 is 5.32 Å². The lowest BCUT2D eigenvalue weighted by Crippen LogP contribution is -2.41. The molecule has 1 rings (SSSR count). The summed E-state index contributed by atoms with van der Waals surface area (Å²) in [5, 5.41) is 3.28. The molecule has 1 fully saturated rings. The smallest absolute Gasteiger partial charge is 0.227 e. The van der Waals surface area contributed by atoms with Crippen molar-refractivity contribution in [2.24, 2.45) is 11.8 Å². The van der Waals surface area contributed by atoms with Crippen LogP contribution in [-0.2, 0) is 14.3 Å². The van der Waals surface area contributed by atoms with E-state index in [-0.39, 0.29) is 11.8 Å². The van der Waals surface area contributed by atoms with Gasteiger partial charge < -0.3 is 19.7 Å². The molecule has 0 aromatic heterocycles. The second-order valence-electron chi connectivity index (χ2n) is 4.91. The van der Waals surface area contributed by atoms with E-state index in [0.717, 1.165) is 26.1 Å². The second-order valence-corrected chi connectivity index (χ2v) is 4.91. The van der Waals surface area contributed by atoms with Crippen molar-refractivity contribution in [1.29, 1.82) is 0 Å². The van der Waals surface area contributed by atoms with Crippen LogP contribution in [0.15, 0.2) is 0 Å². The molecule has 5 nitrogen and oxygen atoms in total. The first-order valence-corrected chi connectivity index (χ1v) is 6.68. The van der Waals surface area contributed by atoms with Crippen LogP contribution in [0.4, 0.5) is 0 Å². The minimum absolute atomic E-state index is 0.115. The molecule has 18 heavy (non-hydrogen) atoms. The van der Waals surface area contributed by atoms with Crippen LogP contribution in [0.1, 0.15) is 13.3 Å². The lowest BCUT2D eigenvalue weighted by atomic mass is 9.96. The highest BCUT2D eigenvalue weighted by atomic mass is 16.5. The quantitative estimate of drug-likeness (QED) is 0.638. The molecule has 1 amide bonds. The zero-order chi connectivity index (χ0) is 13.4. The van der Waals surface area contributed by atoms with E-state index in [1.54, 1.807) is 14.2 Å². The van der Waals surface area contributed by atoms with Crippen molar-refractivity contribution in [2.75, 3.05) is 53.6 Å². The first kappa shape index (κ1) is 15.4. The van der Waals surface area contributed by atoms with Gasteiger partial charge in [0, 0.05) is 40.5 Å². The molecule has 1 N–H and O–H groups in total. The van der Waals surface area contributed by atoms with Crippen molar-refractivity contribution >= 4 is 5.91 Å². The van der Waals surface area contributed by atoms with E-state index >= 15 is 0 Å². The minimum atomic E-state index is 0.115. The van der Waals surface area contributed by atoms with Crippen molar-refractivity contribution in [3.8, 4) is 0 Å². The highest BCUT2D eigenvalue weighted by Gasteiger charge is 2.32. The van der Waals surface area contributed by atoms with Crippen LogP contribution in [0, 0.1) is 11.8 Å². The molecule has 0 aliphatic carbocycles. The molecule has 1 aliphatic heterocycles. The molecule has 106 valence electrons. The second kappa shape index (κ2) is 8.45. The zero-order valence-electron chi connectivity index (χ0n) is 11.8. The number of hydrogen-bond donors (Lipinski definition) is 1. The van der Waals surface area contributed by atoms with Gasteiger partial charge in [-0.1, -0.05) is 6.92 Å². The van der Waals surface area contributed by atoms with E-state index in [2.05, 4.69) is 12.2 Å². The lowest BCUT2D eigenvalue weighted by molar-refractivity contribution is -0.136. The SMILES string of the molecule is COCCCN(CCOC)C(=O)C1CNCC1C. The van der Waals surface area contributed by atoms with Gasteiger partial charge in [0.1, 0.15) is 0 Å². The monoisotopic (exact) mass is 258 g/mol. The molecule has 2 unspecified atom stereocenters. The maximum Gasteiger partial charge on any atom is 0.227 e. The van der Waals surface area contributed by atoms with Crippen LogP contribution in [0.25, 0.3) is 0 Å². The summed E-state index contributed by atoms with van der Waals surface area (Å²) in [5.74, 6) is 0.787. The number of ether oxygens (including phenoxy) is 2. The summed E-state index contributed by atoms with van der Waals surface area (Å²) in [5.41, 5.74) is 0. The average molecular weight is 258 g/mol. The predicted molar refractivity (Wildman–Crippen MR) is 70.5 cm³/mol. The van der Waals surface area contributed by atoms with Gasteiger partial charge in [-0.2, -0.15) is 0 Å². The highest BCUT2D eigenvalue weighted by molar-refractivity contribution is 5.79. The molecule has 1 heterocycles. The van der Waals surface area contributed by atoms with Gasteiger partial charge in [0.15, 0.2) is 0 Å². The van der Waals surface area contributed by atoms with Gasteiger partial charge in [-0.3, -0.25) is 4.79 Å². The Morgan fingerprint density at radius 3 is 2.50 bits per heavy atom. The van der Waals surface area contributed by atoms with Crippen molar-refractivity contribution in [2.45, 2.75) is 13.3 Å². The van der Waals surface area contributed by atoms with Crippen molar-refractivity contribution in [3.63, 3.8) is 0 Å². The number of rotatable bonds is 8. The Labute approximate surface area is 110 Å². The summed E-state index contributed by atoms with van der Waals surface area (Å²) < 4.78 is 10.1. The third-order valence-electron chi connectivity index (χ3n) is 3.49. The Bertz CT molecular complexity index is 248. The normalized spacial score (nSPS) is 23.3. The van der Waals surface area contributed by atoms with Gasteiger partial charge >= 0.3 is 0 Å². The minimum Gasteiger partial charge on any atom is -0.385 e. The Balaban J connectivity index is 2.48. The fraction of sp³-hybridized carbons (Fsp3) is 0.923. The average Bonchev–Trinajstić information content (AvgIpc) is 2.79.